The highest BCUT2D eigenvalue weighted by atomic mass is 19.1. The van der Waals surface area contributed by atoms with Crippen LogP contribution in [0.15, 0.2) is 71.7 Å². The van der Waals surface area contributed by atoms with Gasteiger partial charge in [-0.15, -0.1) is 0 Å². The Balaban J connectivity index is 1.25. The minimum atomic E-state index is -0.295. The lowest BCUT2D eigenvalue weighted by Crippen LogP contribution is -2.48. The molecule has 0 N–H and O–H groups in total. The highest BCUT2D eigenvalue weighted by Crippen LogP contribution is 2.26. The zero-order valence-corrected chi connectivity index (χ0v) is 17.5. The molecule has 1 fully saturated rings. The second kappa shape index (κ2) is 8.48. The summed E-state index contributed by atoms with van der Waals surface area (Å²) in [6.07, 6.45) is 1.62. The van der Waals surface area contributed by atoms with Gasteiger partial charge in [0.15, 0.2) is 0 Å². The van der Waals surface area contributed by atoms with E-state index >= 15 is 0 Å². The maximum Gasteiger partial charge on any atom is 0.277 e. The summed E-state index contributed by atoms with van der Waals surface area (Å²) in [7, 11) is 0. The Kier molecular flexibility index (Phi) is 5.37. The molecular formula is C26H22FN3O2. The van der Waals surface area contributed by atoms with Gasteiger partial charge in [-0.2, -0.15) is 0 Å². The van der Waals surface area contributed by atoms with E-state index in [0.29, 0.717) is 24.2 Å². The van der Waals surface area contributed by atoms with Crippen LogP contribution in [0.1, 0.15) is 31.8 Å². The van der Waals surface area contributed by atoms with Crippen molar-refractivity contribution in [2.24, 2.45) is 4.99 Å². The van der Waals surface area contributed by atoms with Crippen LogP contribution >= 0.6 is 0 Å². The van der Waals surface area contributed by atoms with Gasteiger partial charge in [0.1, 0.15) is 5.82 Å². The predicted octanol–water partition coefficient (Wildman–Crippen LogP) is 4.02. The lowest BCUT2D eigenvalue weighted by molar-refractivity contribution is 0.0629. The van der Waals surface area contributed by atoms with Gasteiger partial charge in [0.2, 0.25) is 0 Å². The molecule has 160 valence electrons. The van der Waals surface area contributed by atoms with Crippen LogP contribution in [0.4, 0.5) is 4.39 Å². The summed E-state index contributed by atoms with van der Waals surface area (Å²) in [4.78, 5) is 33.0. The van der Waals surface area contributed by atoms with E-state index in [9.17, 15) is 14.0 Å². The molecule has 2 amide bonds. The third kappa shape index (κ3) is 3.97. The number of hydrogen-bond donors (Lipinski definition) is 0. The number of halogens is 1. The second-order valence-corrected chi connectivity index (χ2v) is 8.11. The molecule has 0 saturated carbocycles. The maximum absolute atomic E-state index is 13.3. The van der Waals surface area contributed by atoms with Gasteiger partial charge in [-0.05, 0) is 47.0 Å². The zero-order valence-electron chi connectivity index (χ0n) is 17.5. The van der Waals surface area contributed by atoms with Gasteiger partial charge in [-0.25, -0.2) is 9.38 Å². The molecule has 0 spiro atoms. The lowest BCUT2D eigenvalue weighted by Gasteiger charge is -2.35. The van der Waals surface area contributed by atoms with Gasteiger partial charge in [0.25, 0.3) is 11.8 Å². The van der Waals surface area contributed by atoms with E-state index in [1.54, 1.807) is 18.3 Å². The molecule has 6 heteroatoms. The van der Waals surface area contributed by atoms with Crippen molar-refractivity contribution in [1.82, 2.24) is 9.80 Å². The monoisotopic (exact) mass is 427 g/mol. The molecule has 0 bridgehead atoms. The van der Waals surface area contributed by atoms with E-state index in [1.807, 2.05) is 47.4 Å². The van der Waals surface area contributed by atoms with Crippen molar-refractivity contribution in [1.29, 1.82) is 0 Å². The number of carbonyl (C=O) groups excluding carboxylic acids is 2. The summed E-state index contributed by atoms with van der Waals surface area (Å²) >= 11 is 0. The van der Waals surface area contributed by atoms with Crippen molar-refractivity contribution in [3.8, 4) is 11.1 Å². The number of piperazine rings is 1. The Hall–Kier alpha value is -3.64. The number of rotatable bonds is 4. The van der Waals surface area contributed by atoms with Crippen molar-refractivity contribution >= 4 is 18.0 Å². The summed E-state index contributed by atoms with van der Waals surface area (Å²) in [6.45, 7) is 3.59. The van der Waals surface area contributed by atoms with Crippen LogP contribution in [0.25, 0.3) is 11.1 Å². The fourth-order valence-electron chi connectivity index (χ4n) is 4.30. The molecule has 0 atom stereocenters. The van der Waals surface area contributed by atoms with Crippen LogP contribution in [-0.2, 0) is 6.54 Å². The van der Waals surface area contributed by atoms with Crippen LogP contribution in [0.3, 0.4) is 0 Å². The highest BCUT2D eigenvalue weighted by molar-refractivity contribution is 6.12. The van der Waals surface area contributed by atoms with Crippen molar-refractivity contribution in [2.45, 2.75) is 6.54 Å². The van der Waals surface area contributed by atoms with E-state index in [0.717, 1.165) is 41.9 Å². The summed E-state index contributed by atoms with van der Waals surface area (Å²) < 4.78 is 13.3. The number of carbonyl (C=O) groups is 2. The molecule has 1 saturated heterocycles. The number of aliphatic imine (C=N–C) groups is 1. The molecule has 3 aromatic rings. The van der Waals surface area contributed by atoms with E-state index in [-0.39, 0.29) is 17.6 Å². The average molecular weight is 427 g/mol. The highest BCUT2D eigenvalue weighted by Gasteiger charge is 2.24. The van der Waals surface area contributed by atoms with Crippen LogP contribution in [0.2, 0.25) is 0 Å². The van der Waals surface area contributed by atoms with E-state index in [2.05, 4.69) is 9.89 Å². The first-order valence-corrected chi connectivity index (χ1v) is 10.7. The van der Waals surface area contributed by atoms with Crippen LogP contribution in [-0.4, -0.2) is 54.0 Å². The number of nitrogens with zero attached hydrogens (tertiary/aromatic N) is 3. The number of hydrogen-bond acceptors (Lipinski definition) is 3. The van der Waals surface area contributed by atoms with Gasteiger partial charge in [-0.1, -0.05) is 36.4 Å². The molecule has 5 rings (SSSR count). The summed E-state index contributed by atoms with van der Waals surface area (Å²) in [5, 5.41) is 0. The Morgan fingerprint density at radius 3 is 2.44 bits per heavy atom. The van der Waals surface area contributed by atoms with Gasteiger partial charge >= 0.3 is 0 Å². The summed E-state index contributed by atoms with van der Waals surface area (Å²) in [6, 6.07) is 19.5. The van der Waals surface area contributed by atoms with E-state index in [4.69, 9.17) is 0 Å². The molecule has 3 aromatic carbocycles. The third-order valence-electron chi connectivity index (χ3n) is 6.05. The van der Waals surface area contributed by atoms with Crippen molar-refractivity contribution < 1.29 is 14.0 Å². The molecule has 5 nitrogen and oxygen atoms in total. The number of fused-ring (bicyclic) bond motifs is 1. The van der Waals surface area contributed by atoms with Gasteiger partial charge < -0.3 is 4.90 Å². The molecular weight excluding hydrogens is 405 g/mol. The Labute approximate surface area is 185 Å². The Morgan fingerprint density at radius 2 is 1.66 bits per heavy atom. The van der Waals surface area contributed by atoms with Crippen LogP contribution < -0.4 is 0 Å². The SMILES string of the molecule is O=C1N=Cc2cc(CN3CCN(C(=O)c4ccccc4-c4ccc(F)cc4)CC3)ccc21. The van der Waals surface area contributed by atoms with Gasteiger partial charge in [-0.3, -0.25) is 14.5 Å². The molecule has 0 aliphatic carbocycles. The quantitative estimate of drug-likeness (QED) is 0.632. The largest absolute Gasteiger partial charge is 0.336 e. The lowest BCUT2D eigenvalue weighted by atomic mass is 9.98. The predicted molar refractivity (Wildman–Crippen MR) is 121 cm³/mol. The smallest absolute Gasteiger partial charge is 0.277 e. The molecule has 2 aliphatic heterocycles. The van der Waals surface area contributed by atoms with Crippen molar-refractivity contribution in [3.63, 3.8) is 0 Å². The molecule has 32 heavy (non-hydrogen) atoms. The van der Waals surface area contributed by atoms with Gasteiger partial charge in [0.05, 0.1) is 5.56 Å². The molecule has 0 unspecified atom stereocenters. The van der Waals surface area contributed by atoms with E-state index in [1.165, 1.54) is 12.1 Å². The fourth-order valence-corrected chi connectivity index (χ4v) is 4.30. The fraction of sp³-hybridized carbons (Fsp3) is 0.192. The number of amides is 2. The topological polar surface area (TPSA) is 53.0 Å². The minimum absolute atomic E-state index is 0.00294. The first kappa shape index (κ1) is 20.3. The third-order valence-corrected chi connectivity index (χ3v) is 6.05. The molecule has 0 radical (unpaired) electrons. The molecule has 2 heterocycles. The Bertz CT molecular complexity index is 1210. The average Bonchev–Trinajstić information content (AvgIpc) is 3.19. The summed E-state index contributed by atoms with van der Waals surface area (Å²) in [5.41, 5.74) is 4.94. The maximum atomic E-state index is 13.3. The van der Waals surface area contributed by atoms with Gasteiger partial charge in [0, 0.05) is 50.1 Å². The standard InChI is InChI=1S/C26H22FN3O2/c27-21-8-6-19(7-9-21)22-3-1-2-4-24(22)26(32)30-13-11-29(12-14-30)17-18-5-10-23-20(15-18)16-28-25(23)31/h1-10,15-16H,11-14,17H2. The van der Waals surface area contributed by atoms with Crippen molar-refractivity contribution in [2.75, 3.05) is 26.2 Å². The van der Waals surface area contributed by atoms with Crippen LogP contribution in [0, 0.1) is 5.82 Å². The molecule has 0 aromatic heterocycles. The summed E-state index contributed by atoms with van der Waals surface area (Å²) in [5.74, 6) is -0.479. The Morgan fingerprint density at radius 1 is 0.906 bits per heavy atom. The number of benzene rings is 3. The van der Waals surface area contributed by atoms with Crippen LogP contribution in [0.5, 0.6) is 0 Å². The van der Waals surface area contributed by atoms with E-state index < -0.39 is 0 Å². The molecule has 2 aliphatic rings. The van der Waals surface area contributed by atoms with Crippen molar-refractivity contribution in [3.05, 3.63) is 94.8 Å². The first-order valence-electron chi connectivity index (χ1n) is 10.7. The normalized spacial score (nSPS) is 15.8. The first-order chi connectivity index (χ1) is 15.6. The minimum Gasteiger partial charge on any atom is -0.336 e. The second-order valence-electron chi connectivity index (χ2n) is 8.11. The zero-order chi connectivity index (χ0) is 22.1.